The zero-order chi connectivity index (χ0) is 38.6. The van der Waals surface area contributed by atoms with E-state index in [-0.39, 0.29) is 40.1 Å². The molecule has 19 nitrogen and oxygen atoms in total. The van der Waals surface area contributed by atoms with Gasteiger partial charge in [-0.1, -0.05) is 44.4 Å². The van der Waals surface area contributed by atoms with Crippen molar-refractivity contribution in [3.05, 3.63) is 35.5 Å². The number of amides is 2. The van der Waals surface area contributed by atoms with Gasteiger partial charge in [-0.25, -0.2) is 13.2 Å². The zero-order valence-corrected chi connectivity index (χ0v) is 30.8. The van der Waals surface area contributed by atoms with Crippen LogP contribution in [0.1, 0.15) is 72.1 Å². The van der Waals surface area contributed by atoms with Crippen molar-refractivity contribution in [3.63, 3.8) is 0 Å². The molecule has 5 atom stereocenters. The highest BCUT2D eigenvalue weighted by Gasteiger charge is 2.48. The van der Waals surface area contributed by atoms with E-state index < -0.39 is 71.2 Å². The molecule has 2 amide bonds. The van der Waals surface area contributed by atoms with Crippen molar-refractivity contribution in [3.8, 4) is 5.88 Å². The lowest BCUT2D eigenvalue weighted by molar-refractivity contribution is -0.832. The topological polar surface area (TPSA) is 279 Å². The number of hydrogen-bond acceptors (Lipinski definition) is 13. The predicted octanol–water partition coefficient (Wildman–Crippen LogP) is 1.10. The van der Waals surface area contributed by atoms with Gasteiger partial charge in [0.2, 0.25) is 11.8 Å². The van der Waals surface area contributed by atoms with Gasteiger partial charge in [-0.2, -0.15) is 0 Å². The van der Waals surface area contributed by atoms with Gasteiger partial charge in [-0.05, 0) is 62.5 Å². The van der Waals surface area contributed by atoms with Gasteiger partial charge in [0.25, 0.3) is 9.84 Å². The summed E-state index contributed by atoms with van der Waals surface area (Å²) in [5, 5.41) is 28.6. The minimum atomic E-state index is -4.39. The number of nitrogens with one attached hydrogen (secondary N) is 2. The number of carbonyl (C=O) groups is 4. The Kier molecular flexibility index (Phi) is 15.6. The molecule has 1 aromatic carbocycles. The summed E-state index contributed by atoms with van der Waals surface area (Å²) in [4.78, 5) is 66.7. The van der Waals surface area contributed by atoms with Crippen LogP contribution < -0.4 is 20.3 Å². The Morgan fingerprint density at radius 2 is 1.83 bits per heavy atom. The molecule has 1 aliphatic heterocycles. The van der Waals surface area contributed by atoms with Crippen LogP contribution in [0.5, 0.6) is 5.88 Å². The molecule has 2 heterocycles. The molecule has 2 aromatic rings. The van der Waals surface area contributed by atoms with Gasteiger partial charge >= 0.3 is 30.4 Å². The molecule has 1 aliphatic carbocycles. The third-order valence-corrected chi connectivity index (χ3v) is 10.8. The zero-order valence-electron chi connectivity index (χ0n) is 29.1. The highest BCUT2D eigenvalue weighted by atomic mass is 32.2. The summed E-state index contributed by atoms with van der Waals surface area (Å²) in [6.45, 7) is 5.31. The lowest BCUT2D eigenvalue weighted by atomic mass is 9.84. The number of ether oxygens (including phenoxy) is 2. The Labute approximate surface area is 300 Å². The average molecular weight is 776 g/mol. The number of carbonyl (C=O) groups excluding carboxylic acids is 3. The minimum absolute atomic E-state index is 0.00817. The number of aromatic nitrogens is 2. The summed E-state index contributed by atoms with van der Waals surface area (Å²) in [7, 11) is -8.67. The molecule has 0 spiro atoms. The summed E-state index contributed by atoms with van der Waals surface area (Å²) in [6, 6.07) is 5.11. The van der Waals surface area contributed by atoms with Crippen molar-refractivity contribution in [1.82, 2.24) is 20.7 Å². The van der Waals surface area contributed by atoms with Crippen molar-refractivity contribution in [2.24, 2.45) is 5.92 Å². The van der Waals surface area contributed by atoms with Gasteiger partial charge in [0.05, 0.1) is 29.1 Å². The molecule has 290 valence electrons. The van der Waals surface area contributed by atoms with Gasteiger partial charge in [-0.3, -0.25) is 28.9 Å². The summed E-state index contributed by atoms with van der Waals surface area (Å²) in [5.74, 6) is -2.63. The smallest absolute Gasteiger partial charge is 0.414 e. The number of aliphatic carboxylic acids is 1. The second-order valence-corrected chi connectivity index (χ2v) is 15.8. The fraction of sp³-hybridized carbons (Fsp3) is 0.613. The maximum absolute atomic E-state index is 13.1. The number of carboxylic acids is 1. The molecule has 1 saturated carbocycles. The van der Waals surface area contributed by atoms with Crippen LogP contribution in [0.4, 0.5) is 0 Å². The van der Waals surface area contributed by atoms with E-state index in [1.807, 2.05) is 12.2 Å². The first-order chi connectivity index (χ1) is 24.5. The van der Waals surface area contributed by atoms with E-state index in [0.717, 1.165) is 32.1 Å². The van der Waals surface area contributed by atoms with E-state index >= 15 is 0 Å². The average Bonchev–Trinajstić information content (AvgIpc) is 3.68. The van der Waals surface area contributed by atoms with E-state index in [4.69, 9.17) is 19.3 Å². The van der Waals surface area contributed by atoms with Gasteiger partial charge in [0, 0.05) is 6.04 Å². The molecule has 4 rings (SSSR count). The monoisotopic (exact) mass is 775 g/mol. The third kappa shape index (κ3) is 11.4. The SMILES string of the molecule is CCC[C@H](N[C@@H](C)C(=O)N1[C@H](C(=O)O)C[C@@H]2CCCC[C@@H]21)C(=O)OCC.O=C(CCOc1no[n+]([O-])c1S(=O)(=O)c1ccccc1)NCP(=O)(O)O. The number of esters is 1. The van der Waals surface area contributed by atoms with Gasteiger partial charge in [0.15, 0.2) is 0 Å². The number of rotatable bonds is 16. The van der Waals surface area contributed by atoms with Gasteiger partial charge in [-0.15, -0.1) is 0 Å². The van der Waals surface area contributed by atoms with Crippen LogP contribution in [-0.2, 0) is 38.3 Å². The molecule has 52 heavy (non-hydrogen) atoms. The van der Waals surface area contributed by atoms with Crippen molar-refractivity contribution < 1.29 is 66.1 Å². The standard InChI is InChI=1S/C19H32N2O5.C12H14N3O9PS/c1-4-8-14(19(25)26-5-2)20-12(3)17(22)21-15-10-7-6-9-13(15)11-16(21)18(23)24;16-10(13-8-25(18,19)20)6-7-23-11-12(15(17)24-14-11)26(21,22)9-4-2-1-3-5-9/h12-16,20H,4-11H2,1-3H3,(H,23,24);1-5H,6-8H2,(H,13,16)(H2,18,19,20)/t12-,13-,14-,15-,16-;/m0./s1. The summed E-state index contributed by atoms with van der Waals surface area (Å²) >= 11 is 0. The maximum atomic E-state index is 13.1. The molecule has 2 fully saturated rings. The van der Waals surface area contributed by atoms with Crippen LogP contribution in [-0.4, -0.2) is 101 Å². The van der Waals surface area contributed by atoms with E-state index in [9.17, 15) is 42.5 Å². The van der Waals surface area contributed by atoms with Crippen LogP contribution in [0.2, 0.25) is 0 Å². The molecule has 0 bridgehead atoms. The fourth-order valence-electron chi connectivity index (χ4n) is 6.16. The van der Waals surface area contributed by atoms with E-state index in [0.29, 0.717) is 19.4 Å². The van der Waals surface area contributed by atoms with Crippen LogP contribution in [0.15, 0.2) is 44.9 Å². The number of hydrogen-bond donors (Lipinski definition) is 5. The second-order valence-electron chi connectivity index (χ2n) is 12.3. The largest absolute Gasteiger partial charge is 0.480 e. The van der Waals surface area contributed by atoms with Gasteiger partial charge < -0.3 is 39.8 Å². The van der Waals surface area contributed by atoms with Crippen molar-refractivity contribution in [1.29, 1.82) is 0 Å². The molecular formula is C31H46N5O14PS. The van der Waals surface area contributed by atoms with E-state index in [2.05, 4.69) is 15.1 Å². The van der Waals surface area contributed by atoms with Gasteiger partial charge in [0.1, 0.15) is 25.0 Å². The Morgan fingerprint density at radius 3 is 2.44 bits per heavy atom. The van der Waals surface area contributed by atoms with Crippen molar-refractivity contribution in [2.75, 3.05) is 19.5 Å². The molecule has 2 aliphatic rings. The number of carboxylic acid groups (broad SMARTS) is 1. The molecule has 0 radical (unpaired) electrons. The first-order valence-electron chi connectivity index (χ1n) is 16.8. The summed E-state index contributed by atoms with van der Waals surface area (Å²) in [6.07, 6.45) is 4.67. The number of sulfone groups is 1. The minimum Gasteiger partial charge on any atom is -0.480 e. The van der Waals surface area contributed by atoms with Crippen molar-refractivity contribution >= 4 is 41.2 Å². The number of nitrogens with zero attached hydrogens (tertiary/aromatic N) is 3. The van der Waals surface area contributed by atoms with Crippen LogP contribution in [0.25, 0.3) is 0 Å². The Bertz CT molecular complexity index is 1690. The molecule has 1 saturated heterocycles. The molecule has 21 heteroatoms. The number of fused-ring (bicyclic) bond motifs is 1. The Balaban J connectivity index is 0.000000280. The fourth-order valence-corrected chi connectivity index (χ4v) is 7.83. The van der Waals surface area contributed by atoms with Crippen LogP contribution in [0.3, 0.4) is 0 Å². The molecule has 1 aromatic heterocycles. The van der Waals surface area contributed by atoms with Crippen molar-refractivity contribution in [2.45, 2.75) is 106 Å². The Morgan fingerprint density at radius 1 is 1.15 bits per heavy atom. The number of benzene rings is 1. The summed E-state index contributed by atoms with van der Waals surface area (Å²) < 4.78 is 50.0. The first kappa shape index (κ1) is 42.3. The maximum Gasteiger partial charge on any atom is 0.414 e. The lowest BCUT2D eigenvalue weighted by Gasteiger charge is -2.35. The molecule has 0 unspecified atom stereocenters. The summed E-state index contributed by atoms with van der Waals surface area (Å²) in [5.41, 5.74) is 0. The molecule has 5 N–H and O–H groups in total. The quantitative estimate of drug-likeness (QED) is 0.0907. The predicted molar refractivity (Wildman–Crippen MR) is 179 cm³/mol. The highest BCUT2D eigenvalue weighted by molar-refractivity contribution is 7.91. The first-order valence-corrected chi connectivity index (χ1v) is 20.1. The van der Waals surface area contributed by atoms with E-state index in [1.54, 1.807) is 24.8 Å². The normalized spacial score (nSPS) is 19.7. The number of likely N-dealkylation sites (tertiary alicyclic amines) is 1. The van der Waals surface area contributed by atoms with Crippen LogP contribution >= 0.6 is 7.60 Å². The third-order valence-electron chi connectivity index (χ3n) is 8.50. The lowest BCUT2D eigenvalue weighted by Crippen LogP contribution is -2.55. The van der Waals surface area contributed by atoms with Crippen LogP contribution in [0, 0.1) is 11.1 Å². The highest BCUT2D eigenvalue weighted by Crippen LogP contribution is 2.40. The molecular weight excluding hydrogens is 729 g/mol. The second kappa shape index (κ2) is 19.1. The Hall–Kier alpha value is -4.10. The van der Waals surface area contributed by atoms with E-state index in [1.165, 1.54) is 24.3 Å².